The lowest BCUT2D eigenvalue weighted by atomic mass is 9.90. The van der Waals surface area contributed by atoms with Crippen LogP contribution in [0.5, 0.6) is 5.88 Å². The number of aromatic nitrogens is 2. The Hall–Kier alpha value is -3.15. The number of carbonyl (C=O) groups excluding carboxylic acids is 1. The second-order valence-electron chi connectivity index (χ2n) is 6.96. The normalized spacial score (nSPS) is 12.2. The number of halogens is 1. The summed E-state index contributed by atoms with van der Waals surface area (Å²) >= 11 is 0. The number of ether oxygens (including phenoxy) is 1. The Bertz CT molecular complexity index is 1010. The van der Waals surface area contributed by atoms with Gasteiger partial charge in [-0.05, 0) is 54.7 Å². The van der Waals surface area contributed by atoms with Gasteiger partial charge in [0.05, 0.1) is 16.9 Å². The molecule has 0 spiro atoms. The summed E-state index contributed by atoms with van der Waals surface area (Å²) in [4.78, 5) is 14.2. The number of hydrogen-bond donors (Lipinski definition) is 0. The van der Waals surface area contributed by atoms with Crippen molar-refractivity contribution in [3.63, 3.8) is 0 Å². The maximum atomic E-state index is 13.4. The van der Waals surface area contributed by atoms with Crippen LogP contribution in [-0.2, 0) is 12.8 Å². The summed E-state index contributed by atoms with van der Waals surface area (Å²) in [5.74, 6) is 0.0500. The molecule has 0 atom stereocenters. The summed E-state index contributed by atoms with van der Waals surface area (Å²) in [6.07, 6.45) is 2.04. The molecule has 4 rings (SSSR count). The molecule has 144 valence electrons. The smallest absolute Gasteiger partial charge is 0.390 e. The molecule has 0 aliphatic heterocycles. The zero-order valence-corrected chi connectivity index (χ0v) is 16.0. The zero-order chi connectivity index (χ0) is 19.7. The summed E-state index contributed by atoms with van der Waals surface area (Å²) in [6.45, 7) is 2.60. The molecule has 1 aliphatic carbocycles. The molecule has 0 N–H and O–H groups in total. The molecule has 1 aliphatic rings. The molecule has 0 saturated carbocycles. The van der Waals surface area contributed by atoms with Crippen molar-refractivity contribution in [2.45, 2.75) is 26.2 Å². The van der Waals surface area contributed by atoms with E-state index in [2.05, 4.69) is 6.07 Å². The SMILES string of the molecule is CCCN(C)C(=O)Oc1c2c(nn1-c1ccc(F)cc1)CCc1ccccc1-2. The Balaban J connectivity index is 1.85. The van der Waals surface area contributed by atoms with Crippen LogP contribution >= 0.6 is 0 Å². The molecule has 0 bridgehead atoms. The van der Waals surface area contributed by atoms with Gasteiger partial charge in [-0.3, -0.25) is 0 Å². The van der Waals surface area contributed by atoms with Gasteiger partial charge in [-0.2, -0.15) is 9.78 Å². The Morgan fingerprint density at radius 1 is 1.18 bits per heavy atom. The van der Waals surface area contributed by atoms with Crippen molar-refractivity contribution in [1.29, 1.82) is 0 Å². The number of nitrogens with zero attached hydrogens (tertiary/aromatic N) is 3. The third-order valence-corrected chi connectivity index (χ3v) is 4.96. The highest BCUT2D eigenvalue weighted by Gasteiger charge is 2.29. The van der Waals surface area contributed by atoms with Crippen LogP contribution in [0.1, 0.15) is 24.6 Å². The van der Waals surface area contributed by atoms with Gasteiger partial charge in [-0.15, -0.1) is 0 Å². The number of aryl methyl sites for hydroxylation is 2. The Morgan fingerprint density at radius 2 is 1.93 bits per heavy atom. The molecule has 0 unspecified atom stereocenters. The highest BCUT2D eigenvalue weighted by molar-refractivity contribution is 5.80. The van der Waals surface area contributed by atoms with Gasteiger partial charge in [0.15, 0.2) is 0 Å². The Labute approximate surface area is 163 Å². The summed E-state index contributed by atoms with van der Waals surface area (Å²) < 4.78 is 20.8. The fraction of sp³-hybridized carbons (Fsp3) is 0.273. The van der Waals surface area contributed by atoms with Crippen molar-refractivity contribution in [2.75, 3.05) is 13.6 Å². The average Bonchev–Trinajstić information content (AvgIpc) is 3.07. The van der Waals surface area contributed by atoms with Gasteiger partial charge < -0.3 is 9.64 Å². The van der Waals surface area contributed by atoms with Crippen LogP contribution in [0.4, 0.5) is 9.18 Å². The highest BCUT2D eigenvalue weighted by Crippen LogP contribution is 2.41. The van der Waals surface area contributed by atoms with E-state index in [1.807, 2.05) is 25.1 Å². The lowest BCUT2D eigenvalue weighted by Crippen LogP contribution is -2.31. The van der Waals surface area contributed by atoms with Gasteiger partial charge in [0.1, 0.15) is 5.82 Å². The summed E-state index contributed by atoms with van der Waals surface area (Å²) in [5.41, 5.74) is 4.59. The van der Waals surface area contributed by atoms with Crippen molar-refractivity contribution < 1.29 is 13.9 Å². The molecule has 28 heavy (non-hydrogen) atoms. The molecule has 3 aromatic rings. The van der Waals surface area contributed by atoms with Crippen molar-refractivity contribution >= 4 is 6.09 Å². The third kappa shape index (κ3) is 3.26. The second-order valence-corrected chi connectivity index (χ2v) is 6.96. The van der Waals surface area contributed by atoms with E-state index in [0.717, 1.165) is 36.1 Å². The highest BCUT2D eigenvalue weighted by atomic mass is 19.1. The van der Waals surface area contributed by atoms with Crippen LogP contribution in [0.25, 0.3) is 16.8 Å². The first-order valence-corrected chi connectivity index (χ1v) is 9.47. The van der Waals surface area contributed by atoms with E-state index in [0.29, 0.717) is 18.1 Å². The number of rotatable bonds is 4. The topological polar surface area (TPSA) is 47.4 Å². The van der Waals surface area contributed by atoms with Gasteiger partial charge in [0.2, 0.25) is 5.88 Å². The predicted octanol–water partition coefficient (Wildman–Crippen LogP) is 4.62. The molecule has 6 heteroatoms. The predicted molar refractivity (Wildman–Crippen MR) is 105 cm³/mol. The minimum atomic E-state index is -0.434. The van der Waals surface area contributed by atoms with Gasteiger partial charge in [0.25, 0.3) is 0 Å². The van der Waals surface area contributed by atoms with Gasteiger partial charge >= 0.3 is 6.09 Å². The standard InChI is InChI=1S/C22H22FN3O2/c1-3-14-25(2)22(27)28-21-20-18-7-5-4-6-15(18)8-13-19(20)24-26(21)17-11-9-16(23)10-12-17/h4-7,9-12H,3,8,13-14H2,1-2H3. The number of hydrogen-bond acceptors (Lipinski definition) is 3. The largest absolute Gasteiger partial charge is 0.416 e. The molecular weight excluding hydrogens is 357 g/mol. The summed E-state index contributed by atoms with van der Waals surface area (Å²) in [6, 6.07) is 14.1. The molecular formula is C22H22FN3O2. The lowest BCUT2D eigenvalue weighted by molar-refractivity contribution is 0.160. The van der Waals surface area contributed by atoms with E-state index in [1.54, 1.807) is 28.8 Å². The van der Waals surface area contributed by atoms with Gasteiger partial charge in [-0.25, -0.2) is 9.18 Å². The molecule has 2 aromatic carbocycles. The minimum absolute atomic E-state index is 0.327. The second kappa shape index (κ2) is 7.46. The van der Waals surface area contributed by atoms with E-state index in [9.17, 15) is 9.18 Å². The third-order valence-electron chi connectivity index (χ3n) is 4.96. The van der Waals surface area contributed by atoms with Crippen LogP contribution in [0, 0.1) is 5.82 Å². The van der Waals surface area contributed by atoms with E-state index in [1.165, 1.54) is 17.7 Å². The molecule has 1 amide bonds. The van der Waals surface area contributed by atoms with Crippen LogP contribution in [-0.4, -0.2) is 34.4 Å². The first-order valence-electron chi connectivity index (χ1n) is 9.47. The maximum absolute atomic E-state index is 13.4. The Kier molecular flexibility index (Phi) is 4.86. The zero-order valence-electron chi connectivity index (χ0n) is 16.0. The van der Waals surface area contributed by atoms with E-state index < -0.39 is 6.09 Å². The van der Waals surface area contributed by atoms with E-state index >= 15 is 0 Å². The summed E-state index contributed by atoms with van der Waals surface area (Å²) in [5, 5.41) is 4.71. The maximum Gasteiger partial charge on any atom is 0.416 e. The number of benzene rings is 2. The monoisotopic (exact) mass is 379 g/mol. The molecule has 1 aromatic heterocycles. The van der Waals surface area contributed by atoms with E-state index in [-0.39, 0.29) is 5.82 Å². The fourth-order valence-corrected chi connectivity index (χ4v) is 3.57. The van der Waals surface area contributed by atoms with E-state index in [4.69, 9.17) is 9.84 Å². The van der Waals surface area contributed by atoms with Crippen molar-refractivity contribution in [1.82, 2.24) is 14.7 Å². The molecule has 5 nitrogen and oxygen atoms in total. The first-order chi connectivity index (χ1) is 13.6. The fourth-order valence-electron chi connectivity index (χ4n) is 3.57. The van der Waals surface area contributed by atoms with Crippen LogP contribution in [0.3, 0.4) is 0 Å². The van der Waals surface area contributed by atoms with Gasteiger partial charge in [-0.1, -0.05) is 31.2 Å². The van der Waals surface area contributed by atoms with Crippen LogP contribution < -0.4 is 4.74 Å². The molecule has 1 heterocycles. The molecule has 0 radical (unpaired) electrons. The lowest BCUT2D eigenvalue weighted by Gasteiger charge is -2.19. The number of fused-ring (bicyclic) bond motifs is 3. The summed E-state index contributed by atoms with van der Waals surface area (Å²) in [7, 11) is 1.71. The first kappa shape index (κ1) is 18.2. The number of carbonyl (C=O) groups is 1. The quantitative estimate of drug-likeness (QED) is 0.665. The number of amides is 1. The average molecular weight is 379 g/mol. The van der Waals surface area contributed by atoms with Crippen LogP contribution in [0.2, 0.25) is 0 Å². The van der Waals surface area contributed by atoms with Crippen molar-refractivity contribution in [3.8, 4) is 22.7 Å². The van der Waals surface area contributed by atoms with Gasteiger partial charge in [0, 0.05) is 13.6 Å². The van der Waals surface area contributed by atoms with Crippen LogP contribution in [0.15, 0.2) is 48.5 Å². The van der Waals surface area contributed by atoms with Crippen molar-refractivity contribution in [2.24, 2.45) is 0 Å². The Morgan fingerprint density at radius 3 is 2.68 bits per heavy atom. The minimum Gasteiger partial charge on any atom is -0.390 e. The molecule has 0 saturated heterocycles. The van der Waals surface area contributed by atoms with Crippen molar-refractivity contribution in [3.05, 3.63) is 65.6 Å². The molecule has 0 fully saturated rings.